The van der Waals surface area contributed by atoms with Crippen LogP contribution in [0.5, 0.6) is 0 Å². The van der Waals surface area contributed by atoms with Crippen LogP contribution in [0.15, 0.2) is 48.6 Å². The average Bonchev–Trinajstić information content (AvgIpc) is 3.26. The Hall–Kier alpha value is -2.71. The number of hydrogen-bond acceptors (Lipinski definition) is 7. The minimum atomic E-state index is -1.13. The van der Waals surface area contributed by atoms with E-state index >= 15 is 0 Å². The number of nitrogens with zero attached hydrogens (tertiary/aromatic N) is 1. The molecule has 64 heavy (non-hydrogen) atoms. The number of carbonyl (C=O) groups excluding carboxylic acids is 3. The zero-order chi connectivity index (χ0) is 47.0. The van der Waals surface area contributed by atoms with Gasteiger partial charge in [-0.15, -0.1) is 0 Å². The van der Waals surface area contributed by atoms with E-state index < -0.39 is 18.1 Å². The molecule has 0 aliphatic heterocycles. The van der Waals surface area contributed by atoms with Gasteiger partial charge in [0.2, 0.25) is 0 Å². The molecule has 2 atom stereocenters. The maximum Gasteiger partial charge on any atom is 0.306 e. The molecule has 0 rings (SSSR count). The Morgan fingerprint density at radius 1 is 0.469 bits per heavy atom. The largest absolute Gasteiger partial charge is 0.544 e. The van der Waals surface area contributed by atoms with Gasteiger partial charge < -0.3 is 28.6 Å². The van der Waals surface area contributed by atoms with E-state index in [1.54, 1.807) is 21.1 Å². The van der Waals surface area contributed by atoms with Gasteiger partial charge in [0.25, 0.3) is 0 Å². The summed E-state index contributed by atoms with van der Waals surface area (Å²) < 4.78 is 17.3. The van der Waals surface area contributed by atoms with Crippen molar-refractivity contribution in [2.75, 3.05) is 41.0 Å². The third-order valence-electron chi connectivity index (χ3n) is 11.9. The molecule has 0 aliphatic carbocycles. The molecule has 0 aliphatic rings. The Morgan fingerprint density at radius 2 is 0.828 bits per heavy atom. The van der Waals surface area contributed by atoms with E-state index in [-0.39, 0.29) is 42.7 Å². The van der Waals surface area contributed by atoms with Crippen molar-refractivity contribution in [2.24, 2.45) is 0 Å². The van der Waals surface area contributed by atoms with Gasteiger partial charge in [0.15, 0.2) is 6.10 Å². The van der Waals surface area contributed by atoms with Gasteiger partial charge in [-0.1, -0.05) is 191 Å². The quantitative estimate of drug-likeness (QED) is 0.0259. The molecule has 0 saturated carbocycles. The molecule has 0 bridgehead atoms. The first-order chi connectivity index (χ1) is 31.1. The van der Waals surface area contributed by atoms with Gasteiger partial charge in [-0.25, -0.2) is 0 Å². The summed E-state index contributed by atoms with van der Waals surface area (Å²) in [4.78, 5) is 37.1. The smallest absolute Gasteiger partial charge is 0.306 e. The van der Waals surface area contributed by atoms with Crippen molar-refractivity contribution in [1.29, 1.82) is 0 Å². The van der Waals surface area contributed by atoms with E-state index in [1.807, 2.05) is 0 Å². The number of allylic oxidation sites excluding steroid dienone is 8. The van der Waals surface area contributed by atoms with Crippen molar-refractivity contribution in [3.8, 4) is 0 Å². The average molecular weight is 900 g/mol. The normalized spacial score (nSPS) is 13.2. The zero-order valence-electron chi connectivity index (χ0n) is 42.4. The molecule has 8 nitrogen and oxygen atoms in total. The molecule has 372 valence electrons. The number of carbonyl (C=O) groups is 3. The minimum Gasteiger partial charge on any atom is -0.544 e. The van der Waals surface area contributed by atoms with Gasteiger partial charge in [0.05, 0.1) is 40.3 Å². The van der Waals surface area contributed by atoms with Crippen LogP contribution < -0.4 is 5.11 Å². The zero-order valence-corrected chi connectivity index (χ0v) is 42.4. The molecule has 0 amide bonds. The highest BCUT2D eigenvalue weighted by atomic mass is 16.6. The predicted octanol–water partition coefficient (Wildman–Crippen LogP) is 14.2. The molecule has 2 unspecified atom stereocenters. The molecular weight excluding hydrogens is 799 g/mol. The second-order valence-electron chi connectivity index (χ2n) is 19.1. The van der Waals surface area contributed by atoms with Crippen molar-refractivity contribution in [3.63, 3.8) is 0 Å². The first kappa shape index (κ1) is 61.3. The lowest BCUT2D eigenvalue weighted by Gasteiger charge is -2.34. The minimum absolute atomic E-state index is 0.0379. The fourth-order valence-corrected chi connectivity index (χ4v) is 7.78. The highest BCUT2D eigenvalue weighted by Gasteiger charge is 2.25. The van der Waals surface area contributed by atoms with Crippen LogP contribution in [0.1, 0.15) is 239 Å². The number of ether oxygens (including phenoxy) is 3. The second-order valence-corrected chi connectivity index (χ2v) is 19.1. The lowest BCUT2D eigenvalue weighted by atomic mass is 10.0. The van der Waals surface area contributed by atoms with Crippen molar-refractivity contribution in [2.45, 2.75) is 251 Å². The van der Waals surface area contributed by atoms with Crippen LogP contribution in [0, 0.1) is 0 Å². The summed E-state index contributed by atoms with van der Waals surface area (Å²) in [7, 11) is 5.42. The molecule has 0 radical (unpaired) electrons. The van der Waals surface area contributed by atoms with Gasteiger partial charge >= 0.3 is 11.9 Å². The molecule has 0 N–H and O–H groups in total. The van der Waals surface area contributed by atoms with E-state index in [4.69, 9.17) is 14.2 Å². The van der Waals surface area contributed by atoms with Crippen LogP contribution in [-0.2, 0) is 28.6 Å². The van der Waals surface area contributed by atoms with E-state index in [1.165, 1.54) is 148 Å². The third kappa shape index (κ3) is 44.5. The maximum atomic E-state index is 12.8. The molecule has 0 aromatic heterocycles. The van der Waals surface area contributed by atoms with Gasteiger partial charge in [-0.05, 0) is 77.0 Å². The number of carboxylic acids is 1. The number of hydrogen-bond donors (Lipinski definition) is 0. The van der Waals surface area contributed by atoms with Crippen LogP contribution in [0.4, 0.5) is 0 Å². The summed E-state index contributed by atoms with van der Waals surface area (Å²) in [6, 6.07) is -0.728. The summed E-state index contributed by atoms with van der Waals surface area (Å²) in [5.41, 5.74) is 0. The summed E-state index contributed by atoms with van der Waals surface area (Å²) in [5.74, 6) is -1.74. The van der Waals surface area contributed by atoms with Crippen molar-refractivity contribution in [1.82, 2.24) is 0 Å². The fraction of sp³-hybridized carbons (Fsp3) is 0.804. The van der Waals surface area contributed by atoms with Gasteiger partial charge in [-0.3, -0.25) is 9.59 Å². The Kier molecular flexibility index (Phi) is 44.8. The summed E-state index contributed by atoms with van der Waals surface area (Å²) in [5, 5.41) is 11.7. The Bertz CT molecular complexity index is 1190. The Labute approximate surface area is 395 Å². The number of esters is 2. The summed E-state index contributed by atoms with van der Waals surface area (Å²) in [6.45, 7) is 4.64. The molecule has 0 aromatic carbocycles. The van der Waals surface area contributed by atoms with Gasteiger partial charge in [-0.2, -0.15) is 0 Å². The van der Waals surface area contributed by atoms with Crippen LogP contribution in [-0.4, -0.2) is 75.5 Å². The number of unbranched alkanes of at least 4 members (excludes halogenated alkanes) is 26. The van der Waals surface area contributed by atoms with Gasteiger partial charge in [0, 0.05) is 19.3 Å². The molecule has 0 aromatic rings. The second kappa shape index (κ2) is 46.8. The molecule has 0 heterocycles. The van der Waals surface area contributed by atoms with Crippen molar-refractivity contribution < 1.29 is 38.2 Å². The monoisotopic (exact) mass is 900 g/mol. The van der Waals surface area contributed by atoms with Crippen LogP contribution in [0.2, 0.25) is 0 Å². The highest BCUT2D eigenvalue weighted by molar-refractivity contribution is 5.70. The predicted molar refractivity (Wildman–Crippen MR) is 268 cm³/mol. The maximum absolute atomic E-state index is 12.8. The van der Waals surface area contributed by atoms with Crippen LogP contribution in [0.3, 0.4) is 0 Å². The number of rotatable bonds is 48. The van der Waals surface area contributed by atoms with E-state index in [9.17, 15) is 19.5 Å². The van der Waals surface area contributed by atoms with Crippen molar-refractivity contribution >= 4 is 17.9 Å². The standard InChI is InChI=1S/C56H101NO7/c1-6-8-10-12-14-16-18-20-22-24-25-26-27-28-29-31-33-35-37-39-41-43-45-47-55(59)64-52(50-62-49-48-53(56(60)61)57(3,4)5)51-63-54(58)46-44-42-40-38-36-34-32-30-23-21-19-17-15-13-11-9-7-2/h15,17-18,20-21,23-25,52-53H,6-14,16,19,22,26-51H2,1-5H3/b17-15-,20-18-,23-21-,25-24-. The molecule has 0 fully saturated rings. The first-order valence-corrected chi connectivity index (χ1v) is 26.7. The SMILES string of the molecule is CCCCC/C=C\C/C=C\CCCCCCCCCC(=O)OCC(COCCC(C(=O)[O-])[N+](C)(C)C)OC(=O)CCCCCCCCCCCCC/C=C\C/C=C\CCCCCCC. The van der Waals surface area contributed by atoms with E-state index in [2.05, 4.69) is 62.5 Å². The summed E-state index contributed by atoms with van der Waals surface area (Å²) in [6.07, 6.45) is 57.1. The molecule has 0 spiro atoms. The Balaban J connectivity index is 4.22. The number of aliphatic carboxylic acids is 1. The molecule has 0 saturated heterocycles. The highest BCUT2D eigenvalue weighted by Crippen LogP contribution is 2.15. The van der Waals surface area contributed by atoms with Gasteiger partial charge in [0.1, 0.15) is 12.6 Å². The lowest BCUT2D eigenvalue weighted by Crippen LogP contribution is -2.55. The lowest BCUT2D eigenvalue weighted by molar-refractivity contribution is -0.889. The molecule has 8 heteroatoms. The summed E-state index contributed by atoms with van der Waals surface area (Å²) >= 11 is 0. The van der Waals surface area contributed by atoms with Crippen LogP contribution in [0.25, 0.3) is 0 Å². The van der Waals surface area contributed by atoms with E-state index in [0.717, 1.165) is 57.8 Å². The number of likely N-dealkylation sites (N-methyl/N-ethyl adjacent to an activating group) is 1. The third-order valence-corrected chi connectivity index (χ3v) is 11.9. The van der Waals surface area contributed by atoms with E-state index in [0.29, 0.717) is 12.8 Å². The Morgan fingerprint density at radius 3 is 1.23 bits per heavy atom. The number of carboxylic acid groups (broad SMARTS) is 1. The number of quaternary nitrogens is 1. The molecular formula is C56H101NO7. The van der Waals surface area contributed by atoms with Crippen LogP contribution >= 0.6 is 0 Å². The topological polar surface area (TPSA) is 102 Å². The first-order valence-electron chi connectivity index (χ1n) is 26.7. The fourth-order valence-electron chi connectivity index (χ4n) is 7.78. The van der Waals surface area contributed by atoms with Crippen molar-refractivity contribution in [3.05, 3.63) is 48.6 Å².